The van der Waals surface area contributed by atoms with Crippen molar-refractivity contribution < 1.29 is 0 Å². The molecule has 2 heterocycles. The van der Waals surface area contributed by atoms with Gasteiger partial charge in [0.05, 0.1) is 10.2 Å². The average Bonchev–Trinajstić information content (AvgIpc) is 3.35. The molecular formula is C23H12ClN3OS2. The second-order valence-corrected chi connectivity index (χ2v) is 8.73. The maximum Gasteiger partial charge on any atom is 0.273 e. The van der Waals surface area contributed by atoms with Crippen LogP contribution in [0.1, 0.15) is 4.88 Å². The van der Waals surface area contributed by atoms with Gasteiger partial charge < -0.3 is 0 Å². The van der Waals surface area contributed by atoms with Gasteiger partial charge in [-0.3, -0.25) is 9.36 Å². The largest absolute Gasteiger partial charge is 0.273 e. The lowest BCUT2D eigenvalue weighted by atomic mass is 10.2. The number of thiazole rings is 1. The van der Waals surface area contributed by atoms with Gasteiger partial charge >= 0.3 is 0 Å². The van der Waals surface area contributed by atoms with Gasteiger partial charge in [-0.25, -0.2) is 0 Å². The molecule has 0 saturated carbocycles. The number of aromatic nitrogens is 1. The van der Waals surface area contributed by atoms with E-state index in [1.165, 1.54) is 15.9 Å². The van der Waals surface area contributed by atoms with Crippen LogP contribution in [-0.4, -0.2) is 4.57 Å². The Kier molecular flexibility index (Phi) is 5.65. The lowest BCUT2D eigenvalue weighted by Crippen LogP contribution is -2.30. The van der Waals surface area contributed by atoms with Gasteiger partial charge in [0.2, 0.25) is 0 Å². The van der Waals surface area contributed by atoms with Gasteiger partial charge in [0.25, 0.3) is 5.56 Å². The van der Waals surface area contributed by atoms with Gasteiger partial charge in [-0.15, -0.1) is 22.7 Å². The highest BCUT2D eigenvalue weighted by Gasteiger charge is 2.12. The Labute approximate surface area is 185 Å². The van der Waals surface area contributed by atoms with E-state index < -0.39 is 0 Å². The molecule has 4 aromatic rings. The second kappa shape index (κ2) is 8.52. The van der Waals surface area contributed by atoms with Crippen molar-refractivity contribution in [3.8, 4) is 28.3 Å². The molecule has 0 aliphatic heterocycles. The lowest BCUT2D eigenvalue weighted by molar-refractivity contribution is 0.988. The van der Waals surface area contributed by atoms with Gasteiger partial charge in [-0.1, -0.05) is 48.0 Å². The van der Waals surface area contributed by atoms with Crippen LogP contribution in [0.4, 0.5) is 0 Å². The number of benzene rings is 2. The Morgan fingerprint density at radius 3 is 2.33 bits per heavy atom. The summed E-state index contributed by atoms with van der Waals surface area (Å²) < 4.78 is 2.19. The molecule has 0 radical (unpaired) electrons. The van der Waals surface area contributed by atoms with Crippen LogP contribution in [0.25, 0.3) is 27.8 Å². The Morgan fingerprint density at radius 2 is 1.63 bits per heavy atom. The van der Waals surface area contributed by atoms with Crippen molar-refractivity contribution in [3.63, 3.8) is 0 Å². The summed E-state index contributed by atoms with van der Waals surface area (Å²) in [6.45, 7) is 0. The zero-order valence-corrected chi connectivity index (χ0v) is 17.8. The molecular weight excluding hydrogens is 434 g/mol. The molecule has 0 N–H and O–H groups in total. The zero-order chi connectivity index (χ0) is 21.1. The predicted molar refractivity (Wildman–Crippen MR) is 122 cm³/mol. The van der Waals surface area contributed by atoms with Crippen LogP contribution in [0.5, 0.6) is 0 Å². The van der Waals surface area contributed by atoms with Crippen molar-refractivity contribution in [1.29, 1.82) is 10.5 Å². The van der Waals surface area contributed by atoms with Crippen LogP contribution in [0.15, 0.2) is 71.5 Å². The fourth-order valence-electron chi connectivity index (χ4n) is 2.95. The first kappa shape index (κ1) is 19.9. The van der Waals surface area contributed by atoms with Crippen molar-refractivity contribution in [2.75, 3.05) is 0 Å². The van der Waals surface area contributed by atoms with Gasteiger partial charge in [0.15, 0.2) is 5.57 Å². The van der Waals surface area contributed by atoms with Crippen LogP contribution in [-0.2, 0) is 0 Å². The molecule has 4 rings (SSSR count). The molecule has 144 valence electrons. The van der Waals surface area contributed by atoms with Crippen LogP contribution >= 0.6 is 34.3 Å². The minimum absolute atomic E-state index is 0.0939. The number of hydrogen-bond donors (Lipinski definition) is 0. The summed E-state index contributed by atoms with van der Waals surface area (Å²) in [5, 5.41) is 19.4. The quantitative estimate of drug-likeness (QED) is 0.472. The third-order valence-corrected chi connectivity index (χ3v) is 6.80. The Balaban J connectivity index is 1.92. The summed E-state index contributed by atoms with van der Waals surface area (Å²) in [5.74, 6) is 0. The molecule has 0 amide bonds. The summed E-state index contributed by atoms with van der Waals surface area (Å²) in [4.78, 5) is 15.0. The number of thiophene rings is 1. The SMILES string of the molecule is N#CC(C#N)=c1sc(=Cc2ccc(-c3ccccc3Cl)s2)c(=O)n1-c1ccccc1. The molecule has 0 spiro atoms. The fourth-order valence-corrected chi connectivity index (χ4v) is 5.35. The molecule has 2 aromatic carbocycles. The Bertz CT molecular complexity index is 1480. The van der Waals surface area contributed by atoms with Crippen molar-refractivity contribution >= 4 is 45.9 Å². The molecule has 7 heteroatoms. The van der Waals surface area contributed by atoms with E-state index in [0.717, 1.165) is 26.7 Å². The summed E-state index contributed by atoms with van der Waals surface area (Å²) >= 11 is 8.94. The Morgan fingerprint density at radius 1 is 0.933 bits per heavy atom. The number of hydrogen-bond acceptors (Lipinski definition) is 5. The Hall–Kier alpha value is -3.42. The van der Waals surface area contributed by atoms with Crippen LogP contribution < -0.4 is 14.8 Å². The topological polar surface area (TPSA) is 69.6 Å². The number of para-hydroxylation sites is 1. The summed E-state index contributed by atoms with van der Waals surface area (Å²) in [5.41, 5.74) is 1.18. The molecule has 0 atom stereocenters. The molecule has 0 fully saturated rings. The molecule has 2 aromatic heterocycles. The highest BCUT2D eigenvalue weighted by Crippen LogP contribution is 2.33. The average molecular weight is 446 g/mol. The highest BCUT2D eigenvalue weighted by molar-refractivity contribution is 7.16. The number of rotatable bonds is 3. The number of halogens is 1. The van der Waals surface area contributed by atoms with Gasteiger partial charge in [0.1, 0.15) is 16.8 Å². The van der Waals surface area contributed by atoms with Crippen LogP contribution in [0.3, 0.4) is 0 Å². The summed E-state index contributed by atoms with van der Waals surface area (Å²) in [7, 11) is 0. The standard InChI is InChI=1S/C23H12ClN3OS2/c24-19-9-5-4-8-18(19)20-11-10-17(29-20)12-21-22(28)27(16-6-2-1-3-7-16)23(30-21)15(13-25)14-26/h1-12H. The highest BCUT2D eigenvalue weighted by atomic mass is 35.5. The molecule has 0 bridgehead atoms. The van der Waals surface area contributed by atoms with E-state index in [4.69, 9.17) is 11.6 Å². The van der Waals surface area contributed by atoms with E-state index in [-0.39, 0.29) is 11.1 Å². The predicted octanol–water partition coefficient (Wildman–Crippen LogP) is 4.31. The zero-order valence-electron chi connectivity index (χ0n) is 15.4. The molecule has 0 aliphatic carbocycles. The van der Waals surface area contributed by atoms with Gasteiger partial charge in [-0.05, 0) is 36.4 Å². The van der Waals surface area contributed by atoms with E-state index in [1.54, 1.807) is 30.3 Å². The molecule has 30 heavy (non-hydrogen) atoms. The fraction of sp³-hybridized carbons (Fsp3) is 0. The molecule has 0 saturated heterocycles. The lowest BCUT2D eigenvalue weighted by Gasteiger charge is -2.00. The minimum Gasteiger partial charge on any atom is -0.267 e. The number of nitriles is 2. The smallest absolute Gasteiger partial charge is 0.267 e. The summed E-state index contributed by atoms with van der Waals surface area (Å²) in [6.07, 6.45) is 1.79. The first-order chi connectivity index (χ1) is 14.6. The van der Waals surface area contributed by atoms with Crippen molar-refractivity contribution in [2.45, 2.75) is 0 Å². The van der Waals surface area contributed by atoms with Crippen LogP contribution in [0, 0.1) is 22.7 Å². The van der Waals surface area contributed by atoms with Gasteiger partial charge in [0, 0.05) is 20.3 Å². The van der Waals surface area contributed by atoms with E-state index in [2.05, 4.69) is 0 Å². The second-order valence-electron chi connectivity index (χ2n) is 6.17. The molecule has 4 nitrogen and oxygen atoms in total. The van der Waals surface area contributed by atoms with Crippen molar-refractivity contribution in [2.24, 2.45) is 0 Å². The maximum atomic E-state index is 13.2. The van der Waals surface area contributed by atoms with E-state index in [9.17, 15) is 15.3 Å². The van der Waals surface area contributed by atoms with E-state index in [1.807, 2.05) is 54.6 Å². The third kappa shape index (κ3) is 3.72. The first-order valence-corrected chi connectivity index (χ1v) is 10.8. The van der Waals surface area contributed by atoms with E-state index >= 15 is 0 Å². The first-order valence-electron chi connectivity index (χ1n) is 8.80. The molecule has 0 unspecified atom stereocenters. The van der Waals surface area contributed by atoms with Crippen LogP contribution in [0.2, 0.25) is 5.02 Å². The normalized spacial score (nSPS) is 11.1. The van der Waals surface area contributed by atoms with Gasteiger partial charge in [-0.2, -0.15) is 10.5 Å². The van der Waals surface area contributed by atoms with Crippen molar-refractivity contribution in [3.05, 3.63) is 96.2 Å². The minimum atomic E-state index is -0.267. The van der Waals surface area contributed by atoms with Crippen molar-refractivity contribution in [1.82, 2.24) is 4.57 Å². The molecule has 0 aliphatic rings. The number of nitrogens with zero attached hydrogens (tertiary/aromatic N) is 3. The third-order valence-electron chi connectivity index (χ3n) is 4.31. The summed E-state index contributed by atoms with van der Waals surface area (Å²) in [6, 6.07) is 24.3. The van der Waals surface area contributed by atoms with E-state index in [0.29, 0.717) is 19.9 Å². The maximum absolute atomic E-state index is 13.2. The monoisotopic (exact) mass is 445 g/mol.